The smallest absolute Gasteiger partial charge is 0.257 e. The fourth-order valence-corrected chi connectivity index (χ4v) is 2.58. The number of benzene rings is 1. The summed E-state index contributed by atoms with van der Waals surface area (Å²) in [6, 6.07) is 4.80. The van der Waals surface area contributed by atoms with E-state index in [1.165, 1.54) is 7.11 Å². The Balaban J connectivity index is 2.27. The number of hydrogen-bond donors (Lipinski definition) is 2. The molecule has 6 nitrogen and oxygen atoms in total. The van der Waals surface area contributed by atoms with E-state index in [9.17, 15) is 15.0 Å². The van der Waals surface area contributed by atoms with Gasteiger partial charge in [0.15, 0.2) is 11.5 Å². The summed E-state index contributed by atoms with van der Waals surface area (Å²) < 4.78 is 10.7. The third-order valence-electron chi connectivity index (χ3n) is 3.42. The number of phenolic OH excluding ortho intramolecular Hbond substituents is 1. The summed E-state index contributed by atoms with van der Waals surface area (Å²) in [4.78, 5) is 14.2. The number of hydrogen-bond acceptors (Lipinski definition) is 5. The van der Waals surface area contributed by atoms with Crippen LogP contribution in [0, 0.1) is 0 Å². The number of phenols is 1. The molecule has 2 N–H and O–H groups in total. The zero-order valence-corrected chi connectivity index (χ0v) is 12.5. The second-order valence-corrected chi connectivity index (χ2v) is 5.72. The lowest BCUT2D eigenvalue weighted by Crippen LogP contribution is -2.55. The molecular formula is C15H21NO5. The standard InChI is InChI=1S/C15H21NO5/c1-15(2)9-16(7-10(8-17)21-15)14(19)11-5-4-6-12(20-3)13(11)18/h4-6,10,17-18H,7-9H2,1-3H3. The van der Waals surface area contributed by atoms with Crippen LogP contribution >= 0.6 is 0 Å². The molecule has 116 valence electrons. The van der Waals surface area contributed by atoms with E-state index in [4.69, 9.17) is 9.47 Å². The number of para-hydroxylation sites is 1. The lowest BCUT2D eigenvalue weighted by molar-refractivity contribution is -0.139. The second-order valence-electron chi connectivity index (χ2n) is 5.72. The van der Waals surface area contributed by atoms with Gasteiger partial charge in [0, 0.05) is 13.1 Å². The second kappa shape index (κ2) is 5.91. The number of carbonyl (C=O) groups excluding carboxylic acids is 1. The van der Waals surface area contributed by atoms with Gasteiger partial charge in [0.05, 0.1) is 31.0 Å². The highest BCUT2D eigenvalue weighted by atomic mass is 16.5. The minimum absolute atomic E-state index is 0.155. The fraction of sp³-hybridized carbons (Fsp3) is 0.533. The van der Waals surface area contributed by atoms with Gasteiger partial charge in [0.2, 0.25) is 0 Å². The summed E-state index contributed by atoms with van der Waals surface area (Å²) in [5.74, 6) is -0.219. The molecule has 0 bridgehead atoms. The first-order chi connectivity index (χ1) is 9.88. The largest absolute Gasteiger partial charge is 0.504 e. The van der Waals surface area contributed by atoms with E-state index in [-0.39, 0.29) is 36.1 Å². The predicted octanol–water partition coefficient (Wildman–Crippen LogP) is 1.01. The minimum atomic E-state index is -0.546. The van der Waals surface area contributed by atoms with E-state index in [0.717, 1.165) is 0 Å². The molecule has 0 aliphatic carbocycles. The first-order valence-corrected chi connectivity index (χ1v) is 6.82. The van der Waals surface area contributed by atoms with Crippen LogP contribution in [0.3, 0.4) is 0 Å². The van der Waals surface area contributed by atoms with Crippen LogP contribution in [0.1, 0.15) is 24.2 Å². The zero-order valence-electron chi connectivity index (χ0n) is 12.5. The molecule has 0 spiro atoms. The number of ether oxygens (including phenoxy) is 2. The van der Waals surface area contributed by atoms with Crippen molar-refractivity contribution in [2.24, 2.45) is 0 Å². The molecule has 1 aromatic rings. The molecule has 0 aromatic heterocycles. The minimum Gasteiger partial charge on any atom is -0.504 e. The fourth-order valence-electron chi connectivity index (χ4n) is 2.58. The monoisotopic (exact) mass is 295 g/mol. The molecule has 21 heavy (non-hydrogen) atoms. The van der Waals surface area contributed by atoms with Gasteiger partial charge in [-0.2, -0.15) is 0 Å². The van der Waals surface area contributed by atoms with Gasteiger partial charge in [-0.05, 0) is 26.0 Å². The molecule has 0 radical (unpaired) electrons. The van der Waals surface area contributed by atoms with Crippen molar-refractivity contribution in [2.45, 2.75) is 25.6 Å². The van der Waals surface area contributed by atoms with Gasteiger partial charge in [-0.1, -0.05) is 6.07 Å². The normalized spacial score (nSPS) is 21.1. The third kappa shape index (κ3) is 3.28. The van der Waals surface area contributed by atoms with Crippen molar-refractivity contribution in [2.75, 3.05) is 26.8 Å². The lowest BCUT2D eigenvalue weighted by Gasteiger charge is -2.42. The summed E-state index contributed by atoms with van der Waals surface area (Å²) in [7, 11) is 1.43. The Kier molecular flexibility index (Phi) is 4.39. The number of carbonyl (C=O) groups is 1. The number of rotatable bonds is 3. The van der Waals surface area contributed by atoms with E-state index in [1.807, 2.05) is 13.8 Å². The van der Waals surface area contributed by atoms with Gasteiger partial charge in [0.25, 0.3) is 5.91 Å². The van der Waals surface area contributed by atoms with Crippen LogP contribution in [-0.4, -0.2) is 59.5 Å². The van der Waals surface area contributed by atoms with Crippen molar-refractivity contribution in [3.05, 3.63) is 23.8 Å². The van der Waals surface area contributed by atoms with E-state index in [0.29, 0.717) is 6.54 Å². The van der Waals surface area contributed by atoms with Crippen LogP contribution < -0.4 is 4.74 Å². The molecule has 0 saturated carbocycles. The van der Waals surface area contributed by atoms with Crippen molar-refractivity contribution in [1.82, 2.24) is 4.90 Å². The molecule has 1 saturated heterocycles. The number of aliphatic hydroxyl groups excluding tert-OH is 1. The first kappa shape index (κ1) is 15.6. The highest BCUT2D eigenvalue weighted by molar-refractivity contribution is 5.97. The first-order valence-electron chi connectivity index (χ1n) is 6.82. The quantitative estimate of drug-likeness (QED) is 0.870. The van der Waals surface area contributed by atoms with Gasteiger partial charge in [-0.25, -0.2) is 0 Å². The molecule has 1 aliphatic heterocycles. The summed E-state index contributed by atoms with van der Waals surface area (Å²) >= 11 is 0. The maximum atomic E-state index is 12.6. The maximum Gasteiger partial charge on any atom is 0.257 e. The molecular weight excluding hydrogens is 274 g/mol. The average Bonchev–Trinajstić information content (AvgIpc) is 2.45. The number of methoxy groups -OCH3 is 1. The van der Waals surface area contributed by atoms with Crippen LogP contribution in [0.2, 0.25) is 0 Å². The number of aromatic hydroxyl groups is 1. The summed E-state index contributed by atoms with van der Waals surface area (Å²) in [6.45, 7) is 4.24. The molecule has 1 unspecified atom stereocenters. The van der Waals surface area contributed by atoms with E-state index in [2.05, 4.69) is 0 Å². The van der Waals surface area contributed by atoms with Crippen LogP contribution in [0.25, 0.3) is 0 Å². The van der Waals surface area contributed by atoms with Crippen LogP contribution in [0.4, 0.5) is 0 Å². The van der Waals surface area contributed by atoms with Gasteiger partial charge < -0.3 is 24.6 Å². The molecule has 1 heterocycles. The number of aliphatic hydroxyl groups is 1. The number of morpholine rings is 1. The summed E-state index contributed by atoms with van der Waals surface area (Å²) in [5.41, 5.74) is -0.362. The molecule has 2 rings (SSSR count). The van der Waals surface area contributed by atoms with Crippen molar-refractivity contribution in [3.63, 3.8) is 0 Å². The molecule has 1 atom stereocenters. The molecule has 1 aliphatic rings. The van der Waals surface area contributed by atoms with Crippen molar-refractivity contribution in [1.29, 1.82) is 0 Å². The highest BCUT2D eigenvalue weighted by Gasteiger charge is 2.36. The lowest BCUT2D eigenvalue weighted by atomic mass is 10.0. The van der Waals surface area contributed by atoms with Crippen LogP contribution in [0.5, 0.6) is 11.5 Å². The van der Waals surface area contributed by atoms with E-state index in [1.54, 1.807) is 23.1 Å². The van der Waals surface area contributed by atoms with Gasteiger partial charge >= 0.3 is 0 Å². The molecule has 1 amide bonds. The SMILES string of the molecule is COc1cccc(C(=O)N2CC(CO)OC(C)(C)C2)c1O. The van der Waals surface area contributed by atoms with Crippen molar-refractivity contribution < 1.29 is 24.5 Å². The number of amides is 1. The molecule has 1 aromatic carbocycles. The average molecular weight is 295 g/mol. The Morgan fingerprint density at radius 1 is 1.52 bits per heavy atom. The Bertz CT molecular complexity index is 529. The topological polar surface area (TPSA) is 79.2 Å². The summed E-state index contributed by atoms with van der Waals surface area (Å²) in [6.07, 6.45) is -0.426. The summed E-state index contributed by atoms with van der Waals surface area (Å²) in [5, 5.41) is 19.4. The van der Waals surface area contributed by atoms with Gasteiger partial charge in [0.1, 0.15) is 0 Å². The third-order valence-corrected chi connectivity index (χ3v) is 3.42. The highest BCUT2D eigenvalue weighted by Crippen LogP contribution is 2.31. The number of nitrogens with zero attached hydrogens (tertiary/aromatic N) is 1. The van der Waals surface area contributed by atoms with Crippen molar-refractivity contribution >= 4 is 5.91 Å². The van der Waals surface area contributed by atoms with Crippen LogP contribution in [0.15, 0.2) is 18.2 Å². The molecule has 1 fully saturated rings. The Labute approximate surface area is 123 Å². The van der Waals surface area contributed by atoms with E-state index < -0.39 is 11.7 Å². The Morgan fingerprint density at radius 2 is 2.24 bits per heavy atom. The zero-order chi connectivity index (χ0) is 15.6. The maximum absolute atomic E-state index is 12.6. The predicted molar refractivity (Wildman–Crippen MR) is 76.6 cm³/mol. The van der Waals surface area contributed by atoms with Gasteiger partial charge in [-0.3, -0.25) is 4.79 Å². The van der Waals surface area contributed by atoms with Crippen molar-refractivity contribution in [3.8, 4) is 11.5 Å². The Morgan fingerprint density at radius 3 is 2.86 bits per heavy atom. The molecule has 6 heteroatoms. The van der Waals surface area contributed by atoms with Gasteiger partial charge in [-0.15, -0.1) is 0 Å². The van der Waals surface area contributed by atoms with Crippen LogP contribution in [-0.2, 0) is 4.74 Å². The Hall–Kier alpha value is -1.79. The van der Waals surface area contributed by atoms with E-state index >= 15 is 0 Å².